The summed E-state index contributed by atoms with van der Waals surface area (Å²) < 4.78 is 12.2. The molecule has 2 aliphatic carbocycles. The maximum Gasteiger partial charge on any atom is 0.131 e. The summed E-state index contributed by atoms with van der Waals surface area (Å²) >= 11 is 6.28. The summed E-state index contributed by atoms with van der Waals surface area (Å²) in [5, 5.41) is 22.0. The second kappa shape index (κ2) is 6.91. The summed E-state index contributed by atoms with van der Waals surface area (Å²) in [6, 6.07) is 5.74. The van der Waals surface area contributed by atoms with Crippen LogP contribution < -0.4 is 9.47 Å². The predicted octanol–water partition coefficient (Wildman–Crippen LogP) is 4.38. The lowest BCUT2D eigenvalue weighted by molar-refractivity contribution is 0.120. The van der Waals surface area contributed by atoms with E-state index in [9.17, 15) is 10.2 Å². The van der Waals surface area contributed by atoms with Gasteiger partial charge < -0.3 is 19.7 Å². The molecule has 26 heavy (non-hydrogen) atoms. The predicted molar refractivity (Wildman–Crippen MR) is 103 cm³/mol. The van der Waals surface area contributed by atoms with Gasteiger partial charge in [0.15, 0.2) is 0 Å². The average molecular weight is 377 g/mol. The number of rotatable bonds is 6. The highest BCUT2D eigenvalue weighted by Crippen LogP contribution is 2.61. The molecule has 2 aromatic carbocycles. The molecule has 4 atom stereocenters. The number of aliphatic hydroxyl groups is 2. The molecule has 0 amide bonds. The first-order valence-corrected chi connectivity index (χ1v) is 9.74. The van der Waals surface area contributed by atoms with E-state index in [4.69, 9.17) is 21.1 Å². The molecule has 2 bridgehead atoms. The quantitative estimate of drug-likeness (QED) is 0.785. The molecule has 140 valence electrons. The van der Waals surface area contributed by atoms with Crippen LogP contribution in [0.15, 0.2) is 18.2 Å². The Bertz CT molecular complexity index is 831. The normalized spacial score (nSPS) is 23.1. The van der Waals surface area contributed by atoms with Crippen molar-refractivity contribution in [1.82, 2.24) is 0 Å². The number of halogens is 1. The Hall–Kier alpha value is -1.49. The van der Waals surface area contributed by atoms with E-state index >= 15 is 0 Å². The van der Waals surface area contributed by atoms with E-state index < -0.39 is 12.2 Å². The minimum Gasteiger partial charge on any atom is -0.490 e. The first-order chi connectivity index (χ1) is 12.5. The third kappa shape index (κ3) is 3.04. The van der Waals surface area contributed by atoms with Gasteiger partial charge in [0.25, 0.3) is 0 Å². The van der Waals surface area contributed by atoms with Crippen molar-refractivity contribution < 1.29 is 19.7 Å². The van der Waals surface area contributed by atoms with Crippen LogP contribution in [-0.2, 0) is 0 Å². The summed E-state index contributed by atoms with van der Waals surface area (Å²) in [7, 11) is 0. The van der Waals surface area contributed by atoms with Crippen LogP contribution in [0.25, 0.3) is 10.8 Å². The van der Waals surface area contributed by atoms with E-state index in [1.807, 2.05) is 18.2 Å². The van der Waals surface area contributed by atoms with Gasteiger partial charge in [0.2, 0.25) is 0 Å². The van der Waals surface area contributed by atoms with Crippen LogP contribution in [0.4, 0.5) is 0 Å². The third-order valence-corrected chi connectivity index (χ3v) is 5.67. The minimum atomic E-state index is -0.537. The zero-order chi connectivity index (χ0) is 18.4. The van der Waals surface area contributed by atoms with Gasteiger partial charge >= 0.3 is 0 Å². The first-order valence-electron chi connectivity index (χ1n) is 9.36. The molecule has 2 aliphatic rings. The molecule has 2 aromatic rings. The molecular weight excluding hydrogens is 352 g/mol. The molecular formula is C21H25ClO4. The van der Waals surface area contributed by atoms with Crippen LogP contribution in [-0.4, -0.2) is 35.6 Å². The van der Waals surface area contributed by atoms with Gasteiger partial charge in [-0.3, -0.25) is 0 Å². The zero-order valence-corrected chi connectivity index (χ0v) is 15.9. The fraction of sp³-hybridized carbons (Fsp3) is 0.524. The molecule has 0 heterocycles. The molecule has 1 saturated carbocycles. The van der Waals surface area contributed by atoms with E-state index in [-0.39, 0.29) is 13.2 Å². The Morgan fingerprint density at radius 1 is 0.962 bits per heavy atom. The maximum absolute atomic E-state index is 9.72. The SMILES string of the molecule is CC(O)COc1c2c(c(OCC(C)O)c3cc(Cl)ccc13)C1CCC2C1. The monoisotopic (exact) mass is 376 g/mol. The van der Waals surface area contributed by atoms with E-state index in [1.54, 1.807) is 13.8 Å². The molecule has 0 radical (unpaired) electrons. The van der Waals surface area contributed by atoms with E-state index in [2.05, 4.69) is 0 Å². The van der Waals surface area contributed by atoms with Crippen molar-refractivity contribution in [2.24, 2.45) is 0 Å². The summed E-state index contributed by atoms with van der Waals surface area (Å²) in [6.07, 6.45) is 2.37. The summed E-state index contributed by atoms with van der Waals surface area (Å²) in [5.74, 6) is 2.66. The van der Waals surface area contributed by atoms with Gasteiger partial charge in [0, 0.05) is 26.9 Å². The van der Waals surface area contributed by atoms with Gasteiger partial charge in [-0.15, -0.1) is 0 Å². The summed E-state index contributed by atoms with van der Waals surface area (Å²) in [5.41, 5.74) is 2.45. The highest BCUT2D eigenvalue weighted by molar-refractivity contribution is 6.31. The molecule has 0 spiro atoms. The lowest BCUT2D eigenvalue weighted by Gasteiger charge is -2.26. The zero-order valence-electron chi connectivity index (χ0n) is 15.2. The van der Waals surface area contributed by atoms with E-state index in [0.717, 1.165) is 41.5 Å². The Labute approximate surface area is 158 Å². The first kappa shape index (κ1) is 17.9. The number of benzene rings is 2. The van der Waals surface area contributed by atoms with Gasteiger partial charge in [-0.1, -0.05) is 11.6 Å². The molecule has 4 rings (SSSR count). The van der Waals surface area contributed by atoms with Gasteiger partial charge in [0.1, 0.15) is 24.7 Å². The molecule has 2 N–H and O–H groups in total. The van der Waals surface area contributed by atoms with Crippen LogP contribution in [0.1, 0.15) is 56.1 Å². The van der Waals surface area contributed by atoms with Crippen molar-refractivity contribution in [2.45, 2.75) is 57.2 Å². The molecule has 0 aliphatic heterocycles. The molecule has 0 saturated heterocycles. The number of hydrogen-bond donors (Lipinski definition) is 2. The molecule has 0 aromatic heterocycles. The summed E-state index contributed by atoms with van der Waals surface area (Å²) in [4.78, 5) is 0. The Morgan fingerprint density at radius 2 is 1.50 bits per heavy atom. The maximum atomic E-state index is 9.72. The van der Waals surface area contributed by atoms with Gasteiger partial charge in [-0.25, -0.2) is 0 Å². The topological polar surface area (TPSA) is 58.9 Å². The van der Waals surface area contributed by atoms with Crippen molar-refractivity contribution in [1.29, 1.82) is 0 Å². The number of ether oxygens (including phenoxy) is 2. The van der Waals surface area contributed by atoms with E-state index in [0.29, 0.717) is 16.9 Å². The minimum absolute atomic E-state index is 0.249. The van der Waals surface area contributed by atoms with Crippen LogP contribution in [0, 0.1) is 0 Å². The van der Waals surface area contributed by atoms with Gasteiger partial charge in [-0.2, -0.15) is 0 Å². The summed E-state index contributed by atoms with van der Waals surface area (Å²) in [6.45, 7) is 3.96. The molecule has 1 fully saturated rings. The molecule has 4 unspecified atom stereocenters. The van der Waals surface area contributed by atoms with Crippen molar-refractivity contribution in [3.63, 3.8) is 0 Å². The largest absolute Gasteiger partial charge is 0.490 e. The lowest BCUT2D eigenvalue weighted by atomic mass is 9.87. The third-order valence-electron chi connectivity index (χ3n) is 5.44. The van der Waals surface area contributed by atoms with Gasteiger partial charge in [0.05, 0.1) is 12.2 Å². The second-order valence-corrected chi connectivity index (χ2v) is 8.14. The Morgan fingerprint density at radius 3 is 2.04 bits per heavy atom. The Balaban J connectivity index is 1.93. The number of hydrogen-bond acceptors (Lipinski definition) is 4. The van der Waals surface area contributed by atoms with Crippen molar-refractivity contribution in [2.75, 3.05) is 13.2 Å². The van der Waals surface area contributed by atoms with E-state index in [1.165, 1.54) is 11.1 Å². The number of fused-ring (bicyclic) bond motifs is 6. The average Bonchev–Trinajstić information content (AvgIpc) is 3.19. The van der Waals surface area contributed by atoms with Crippen molar-refractivity contribution >= 4 is 22.4 Å². The van der Waals surface area contributed by atoms with Crippen LogP contribution in [0.5, 0.6) is 11.5 Å². The fourth-order valence-corrected chi connectivity index (χ4v) is 4.64. The lowest BCUT2D eigenvalue weighted by Crippen LogP contribution is -2.17. The number of aliphatic hydroxyl groups excluding tert-OH is 2. The van der Waals surface area contributed by atoms with Crippen LogP contribution in [0.2, 0.25) is 5.02 Å². The van der Waals surface area contributed by atoms with Crippen molar-refractivity contribution in [3.05, 3.63) is 34.3 Å². The standard InChI is InChI=1S/C21H25ClO4/c1-11(23)9-25-20-16-6-5-15(22)8-17(16)21(26-10-12(2)24)19-14-4-3-13(7-14)18(19)20/h5-6,8,11-14,23-24H,3-4,7,9-10H2,1-2H3. The van der Waals surface area contributed by atoms with Crippen LogP contribution >= 0.6 is 11.6 Å². The van der Waals surface area contributed by atoms with Crippen molar-refractivity contribution in [3.8, 4) is 11.5 Å². The van der Waals surface area contributed by atoms with Crippen LogP contribution in [0.3, 0.4) is 0 Å². The molecule has 4 nitrogen and oxygen atoms in total. The fourth-order valence-electron chi connectivity index (χ4n) is 4.47. The molecule has 5 heteroatoms. The smallest absolute Gasteiger partial charge is 0.131 e. The Kier molecular flexibility index (Phi) is 4.76. The highest BCUT2D eigenvalue weighted by atomic mass is 35.5. The highest BCUT2D eigenvalue weighted by Gasteiger charge is 2.42. The second-order valence-electron chi connectivity index (χ2n) is 7.70. The van der Waals surface area contributed by atoms with Gasteiger partial charge in [-0.05, 0) is 63.1 Å².